The Kier molecular flexibility index (Phi) is 5.25. The number of aryl methyl sites for hydroxylation is 1. The van der Waals surface area contributed by atoms with Crippen molar-refractivity contribution in [2.45, 2.75) is 39.3 Å². The van der Waals surface area contributed by atoms with Crippen LogP contribution in [0.1, 0.15) is 30.3 Å². The van der Waals surface area contributed by atoms with Crippen LogP contribution in [-0.2, 0) is 30.7 Å². The van der Waals surface area contributed by atoms with Gasteiger partial charge in [0.05, 0.1) is 22.4 Å². The maximum Gasteiger partial charge on any atom is 0.229 e. The summed E-state index contributed by atoms with van der Waals surface area (Å²) in [5.74, 6) is -0.103. The third-order valence-corrected chi connectivity index (χ3v) is 5.59. The number of benzene rings is 1. The van der Waals surface area contributed by atoms with Crippen LogP contribution in [0.2, 0.25) is 0 Å². The van der Waals surface area contributed by atoms with Crippen molar-refractivity contribution in [3.8, 4) is 0 Å². The van der Waals surface area contributed by atoms with E-state index in [2.05, 4.69) is 36.7 Å². The molecule has 1 aliphatic rings. The van der Waals surface area contributed by atoms with Crippen LogP contribution in [0.3, 0.4) is 0 Å². The summed E-state index contributed by atoms with van der Waals surface area (Å²) in [6.07, 6.45) is 3.85. The van der Waals surface area contributed by atoms with Crippen LogP contribution in [0.15, 0.2) is 34.9 Å². The van der Waals surface area contributed by atoms with Gasteiger partial charge >= 0.3 is 0 Å². The largest absolute Gasteiger partial charge is 0.308 e. The topological polar surface area (TPSA) is 77.6 Å². The number of nitrogens with zero attached hydrogens (tertiary/aromatic N) is 5. The van der Waals surface area contributed by atoms with Crippen molar-refractivity contribution in [1.82, 2.24) is 24.8 Å². The normalized spacial score (nSPS) is 16.0. The molecule has 146 valence electrons. The van der Waals surface area contributed by atoms with Crippen molar-refractivity contribution in [3.63, 3.8) is 0 Å². The highest BCUT2D eigenvalue weighted by Gasteiger charge is 2.29. The van der Waals surface area contributed by atoms with E-state index in [0.29, 0.717) is 22.3 Å². The predicted molar refractivity (Wildman–Crippen MR) is 105 cm³/mol. The fourth-order valence-electron chi connectivity index (χ4n) is 3.51. The van der Waals surface area contributed by atoms with E-state index in [1.54, 1.807) is 29.1 Å². The van der Waals surface area contributed by atoms with Gasteiger partial charge in [-0.25, -0.2) is 9.07 Å². The molecule has 0 bridgehead atoms. The molecule has 2 heterocycles. The van der Waals surface area contributed by atoms with Crippen molar-refractivity contribution in [2.24, 2.45) is 5.92 Å². The standard InChI is InChI=1S/C19H20BrFN6O/c1-2-27-17-8-7-12(9-16(17)23-25-27)19(28)22-18-14(20)11-26(24-18)10-13-5-3-4-6-15(13)21/h3-6,11-12H,2,7-10H2,1H3,(H,22,24,28). The number of halogens is 2. The van der Waals surface area contributed by atoms with E-state index in [4.69, 9.17) is 0 Å². The van der Waals surface area contributed by atoms with Crippen LogP contribution < -0.4 is 5.32 Å². The van der Waals surface area contributed by atoms with Crippen LogP contribution in [-0.4, -0.2) is 30.7 Å². The first-order valence-electron chi connectivity index (χ1n) is 9.23. The van der Waals surface area contributed by atoms with Crippen molar-refractivity contribution < 1.29 is 9.18 Å². The molecule has 2 aromatic heterocycles. The number of rotatable bonds is 5. The number of amides is 1. The zero-order valence-electron chi connectivity index (χ0n) is 15.4. The molecule has 1 aromatic carbocycles. The van der Waals surface area contributed by atoms with E-state index in [1.165, 1.54) is 6.07 Å². The van der Waals surface area contributed by atoms with Crippen molar-refractivity contribution in [2.75, 3.05) is 5.32 Å². The molecule has 0 radical (unpaired) electrons. The Bertz CT molecular complexity index is 1010. The molecule has 1 unspecified atom stereocenters. The monoisotopic (exact) mass is 446 g/mol. The zero-order chi connectivity index (χ0) is 19.7. The fourth-order valence-corrected chi connectivity index (χ4v) is 3.92. The number of hydrogen-bond donors (Lipinski definition) is 1. The fraction of sp³-hybridized carbons (Fsp3) is 0.368. The lowest BCUT2D eigenvalue weighted by atomic mass is 9.89. The average molecular weight is 447 g/mol. The minimum Gasteiger partial charge on any atom is -0.308 e. The second-order valence-electron chi connectivity index (χ2n) is 6.84. The van der Waals surface area contributed by atoms with E-state index in [-0.39, 0.29) is 24.2 Å². The summed E-state index contributed by atoms with van der Waals surface area (Å²) in [6, 6.07) is 6.57. The van der Waals surface area contributed by atoms with Crippen LogP contribution >= 0.6 is 15.9 Å². The average Bonchev–Trinajstić information content (AvgIpc) is 3.26. The van der Waals surface area contributed by atoms with Crippen molar-refractivity contribution >= 4 is 27.7 Å². The second kappa shape index (κ2) is 7.83. The molecule has 1 N–H and O–H groups in total. The Morgan fingerprint density at radius 2 is 2.21 bits per heavy atom. The summed E-state index contributed by atoms with van der Waals surface area (Å²) >= 11 is 3.42. The Hall–Kier alpha value is -2.55. The van der Waals surface area contributed by atoms with Crippen LogP contribution in [0, 0.1) is 11.7 Å². The molecule has 0 spiro atoms. The van der Waals surface area contributed by atoms with E-state index in [0.717, 1.165) is 30.8 Å². The molecule has 1 aliphatic carbocycles. The van der Waals surface area contributed by atoms with Crippen LogP contribution in [0.4, 0.5) is 10.2 Å². The second-order valence-corrected chi connectivity index (χ2v) is 7.70. The molecular weight excluding hydrogens is 427 g/mol. The van der Waals surface area contributed by atoms with Gasteiger partial charge in [0.2, 0.25) is 5.91 Å². The summed E-state index contributed by atoms with van der Waals surface area (Å²) in [6.45, 7) is 3.10. The Balaban J connectivity index is 1.44. The molecule has 4 rings (SSSR count). The molecular formula is C19H20BrFN6O. The first kappa shape index (κ1) is 18.8. The van der Waals surface area contributed by atoms with Gasteiger partial charge in [0.25, 0.3) is 0 Å². The molecule has 1 amide bonds. The predicted octanol–water partition coefficient (Wildman–Crippen LogP) is 3.19. The van der Waals surface area contributed by atoms with E-state index >= 15 is 0 Å². The molecule has 9 heteroatoms. The van der Waals surface area contributed by atoms with E-state index in [9.17, 15) is 9.18 Å². The number of fused-ring (bicyclic) bond motifs is 1. The molecule has 0 fully saturated rings. The third-order valence-electron chi connectivity index (χ3n) is 5.01. The van der Waals surface area contributed by atoms with Gasteiger partial charge < -0.3 is 5.32 Å². The Morgan fingerprint density at radius 3 is 3.00 bits per heavy atom. The number of nitrogens with one attached hydrogen (secondary N) is 1. The van der Waals surface area contributed by atoms with Gasteiger partial charge in [-0.05, 0) is 41.8 Å². The lowest BCUT2D eigenvalue weighted by Crippen LogP contribution is -2.29. The minimum atomic E-state index is -0.280. The summed E-state index contributed by atoms with van der Waals surface area (Å²) in [7, 11) is 0. The van der Waals surface area contributed by atoms with Crippen molar-refractivity contribution in [1.29, 1.82) is 0 Å². The number of aromatic nitrogens is 5. The highest BCUT2D eigenvalue weighted by atomic mass is 79.9. The molecule has 28 heavy (non-hydrogen) atoms. The maximum atomic E-state index is 13.8. The molecule has 0 saturated heterocycles. The molecule has 0 saturated carbocycles. The zero-order valence-corrected chi connectivity index (χ0v) is 17.0. The number of hydrogen-bond acceptors (Lipinski definition) is 4. The van der Waals surface area contributed by atoms with Gasteiger partial charge in [0.1, 0.15) is 5.82 Å². The van der Waals surface area contributed by atoms with Gasteiger partial charge in [-0.2, -0.15) is 5.10 Å². The van der Waals surface area contributed by atoms with Gasteiger partial charge in [0, 0.05) is 30.6 Å². The molecule has 1 atom stereocenters. The maximum absolute atomic E-state index is 13.8. The smallest absolute Gasteiger partial charge is 0.229 e. The molecule has 3 aromatic rings. The van der Waals surface area contributed by atoms with Crippen molar-refractivity contribution in [3.05, 3.63) is 57.7 Å². The summed E-state index contributed by atoms with van der Waals surface area (Å²) in [4.78, 5) is 12.7. The third kappa shape index (κ3) is 3.71. The molecule has 7 nitrogen and oxygen atoms in total. The number of carbonyl (C=O) groups excluding carboxylic acids is 1. The first-order valence-corrected chi connectivity index (χ1v) is 10.0. The SMILES string of the molecule is CCn1nnc2c1CCC(C(=O)Nc1nn(Cc3ccccc3F)cc1Br)C2. The van der Waals surface area contributed by atoms with Gasteiger partial charge in [-0.3, -0.25) is 9.48 Å². The minimum absolute atomic E-state index is 0.0893. The first-order chi connectivity index (χ1) is 13.5. The Labute approximate surface area is 170 Å². The lowest BCUT2D eigenvalue weighted by Gasteiger charge is -2.20. The van der Waals surface area contributed by atoms with Gasteiger partial charge in [-0.1, -0.05) is 23.4 Å². The number of carbonyl (C=O) groups is 1. The van der Waals surface area contributed by atoms with E-state index < -0.39 is 0 Å². The summed E-state index contributed by atoms with van der Waals surface area (Å²) < 4.78 is 18.0. The van der Waals surface area contributed by atoms with Gasteiger partial charge in [-0.15, -0.1) is 5.10 Å². The van der Waals surface area contributed by atoms with Crippen LogP contribution in [0.25, 0.3) is 0 Å². The lowest BCUT2D eigenvalue weighted by molar-refractivity contribution is -0.120. The van der Waals surface area contributed by atoms with Crippen LogP contribution in [0.5, 0.6) is 0 Å². The number of anilines is 1. The molecule has 0 aliphatic heterocycles. The quantitative estimate of drug-likeness (QED) is 0.652. The van der Waals surface area contributed by atoms with Gasteiger partial charge in [0.15, 0.2) is 5.82 Å². The highest BCUT2D eigenvalue weighted by molar-refractivity contribution is 9.10. The Morgan fingerprint density at radius 1 is 1.39 bits per heavy atom. The summed E-state index contributed by atoms with van der Waals surface area (Å²) in [5.41, 5.74) is 2.56. The van der Waals surface area contributed by atoms with E-state index in [1.807, 2.05) is 11.6 Å². The summed E-state index contributed by atoms with van der Waals surface area (Å²) in [5, 5.41) is 15.6. The highest BCUT2D eigenvalue weighted by Crippen LogP contribution is 2.27.